The van der Waals surface area contributed by atoms with E-state index in [0.29, 0.717) is 5.92 Å². The number of aromatic nitrogens is 3. The molecule has 1 amide bonds. The molecule has 110 valence electrons. The predicted octanol–water partition coefficient (Wildman–Crippen LogP) is 2.43. The van der Waals surface area contributed by atoms with E-state index in [2.05, 4.69) is 32.6 Å². The van der Waals surface area contributed by atoms with E-state index in [0.717, 1.165) is 31.5 Å². The standard InChI is InChI=1S/C16H20N4O/c1-11(7-8-12-5-3-2-4-6-12)17-16(21)15-18-14(19-20-15)13-9-10-13/h2-6,11,13H,7-10H2,1H3,(H,17,21)(H,18,19,20). The molecule has 2 aromatic rings. The second-order valence-corrected chi connectivity index (χ2v) is 5.72. The van der Waals surface area contributed by atoms with Gasteiger partial charge in [0.25, 0.3) is 5.91 Å². The maximum atomic E-state index is 12.1. The van der Waals surface area contributed by atoms with Crippen molar-refractivity contribution in [2.75, 3.05) is 0 Å². The Morgan fingerprint density at radius 2 is 2.14 bits per heavy atom. The largest absolute Gasteiger partial charge is 0.347 e. The molecule has 5 nitrogen and oxygen atoms in total. The molecule has 1 fully saturated rings. The van der Waals surface area contributed by atoms with Gasteiger partial charge in [0, 0.05) is 12.0 Å². The molecule has 0 saturated heterocycles. The highest BCUT2D eigenvalue weighted by atomic mass is 16.2. The lowest BCUT2D eigenvalue weighted by Crippen LogP contribution is -2.33. The fourth-order valence-electron chi connectivity index (χ4n) is 2.30. The van der Waals surface area contributed by atoms with Gasteiger partial charge in [0.05, 0.1) is 0 Å². The van der Waals surface area contributed by atoms with Crippen LogP contribution in [0.2, 0.25) is 0 Å². The average Bonchev–Trinajstić information content (AvgIpc) is 3.23. The van der Waals surface area contributed by atoms with Gasteiger partial charge in [-0.15, -0.1) is 5.10 Å². The molecule has 1 saturated carbocycles. The zero-order valence-corrected chi connectivity index (χ0v) is 12.2. The number of aryl methyl sites for hydroxylation is 1. The van der Waals surface area contributed by atoms with Crippen molar-refractivity contribution in [1.82, 2.24) is 20.5 Å². The first-order valence-corrected chi connectivity index (χ1v) is 7.49. The smallest absolute Gasteiger partial charge is 0.291 e. The summed E-state index contributed by atoms with van der Waals surface area (Å²) < 4.78 is 0. The number of carbonyl (C=O) groups is 1. The average molecular weight is 284 g/mol. The number of hydrogen-bond donors (Lipinski definition) is 2. The van der Waals surface area contributed by atoms with Crippen LogP contribution in [0.5, 0.6) is 0 Å². The van der Waals surface area contributed by atoms with Crippen molar-refractivity contribution in [3.8, 4) is 0 Å². The van der Waals surface area contributed by atoms with E-state index >= 15 is 0 Å². The molecular weight excluding hydrogens is 264 g/mol. The summed E-state index contributed by atoms with van der Waals surface area (Å²) in [5.41, 5.74) is 1.28. The molecule has 3 rings (SSSR count). The van der Waals surface area contributed by atoms with Crippen LogP contribution in [0.25, 0.3) is 0 Å². The Morgan fingerprint density at radius 3 is 2.86 bits per heavy atom. The highest BCUT2D eigenvalue weighted by Gasteiger charge is 2.28. The number of benzene rings is 1. The molecule has 1 unspecified atom stereocenters. The summed E-state index contributed by atoms with van der Waals surface area (Å²) in [6.45, 7) is 2.01. The predicted molar refractivity (Wildman–Crippen MR) is 80.0 cm³/mol. The highest BCUT2D eigenvalue weighted by molar-refractivity contribution is 5.90. The molecule has 0 spiro atoms. The van der Waals surface area contributed by atoms with E-state index in [1.54, 1.807) is 0 Å². The van der Waals surface area contributed by atoms with Gasteiger partial charge in [0.15, 0.2) is 0 Å². The quantitative estimate of drug-likeness (QED) is 0.856. The molecule has 0 bridgehead atoms. The van der Waals surface area contributed by atoms with Crippen LogP contribution >= 0.6 is 0 Å². The van der Waals surface area contributed by atoms with Crippen LogP contribution in [0, 0.1) is 0 Å². The van der Waals surface area contributed by atoms with Crippen molar-refractivity contribution < 1.29 is 4.79 Å². The van der Waals surface area contributed by atoms with Crippen molar-refractivity contribution in [3.05, 3.63) is 47.5 Å². The zero-order chi connectivity index (χ0) is 14.7. The summed E-state index contributed by atoms with van der Waals surface area (Å²) in [6, 6.07) is 10.4. The number of hydrogen-bond acceptors (Lipinski definition) is 3. The van der Waals surface area contributed by atoms with Gasteiger partial charge in [0.2, 0.25) is 5.82 Å². The Labute approximate surface area is 124 Å². The lowest BCUT2D eigenvalue weighted by Gasteiger charge is -2.12. The van der Waals surface area contributed by atoms with Crippen LogP contribution in [-0.2, 0) is 6.42 Å². The summed E-state index contributed by atoms with van der Waals surface area (Å²) >= 11 is 0. The fraction of sp³-hybridized carbons (Fsp3) is 0.438. The first kappa shape index (κ1) is 13.8. The van der Waals surface area contributed by atoms with E-state index in [1.807, 2.05) is 25.1 Å². The van der Waals surface area contributed by atoms with Gasteiger partial charge in [-0.05, 0) is 38.2 Å². The molecule has 2 N–H and O–H groups in total. The van der Waals surface area contributed by atoms with Crippen molar-refractivity contribution in [3.63, 3.8) is 0 Å². The Hall–Kier alpha value is -2.17. The Balaban J connectivity index is 1.49. The van der Waals surface area contributed by atoms with Gasteiger partial charge in [0.1, 0.15) is 5.82 Å². The lowest BCUT2D eigenvalue weighted by atomic mass is 10.1. The van der Waals surface area contributed by atoms with Crippen LogP contribution in [-0.4, -0.2) is 27.1 Å². The summed E-state index contributed by atoms with van der Waals surface area (Å²) in [6.07, 6.45) is 4.13. The van der Waals surface area contributed by atoms with Gasteiger partial charge in [-0.1, -0.05) is 30.3 Å². The molecule has 1 aliphatic carbocycles. The number of nitrogens with zero attached hydrogens (tertiary/aromatic N) is 2. The summed E-state index contributed by atoms with van der Waals surface area (Å²) in [5.74, 6) is 1.38. The van der Waals surface area contributed by atoms with Crippen molar-refractivity contribution >= 4 is 5.91 Å². The molecular formula is C16H20N4O. The van der Waals surface area contributed by atoms with Crippen molar-refractivity contribution in [2.24, 2.45) is 0 Å². The molecule has 21 heavy (non-hydrogen) atoms. The third-order valence-corrected chi connectivity index (χ3v) is 3.76. The van der Waals surface area contributed by atoms with Crippen LogP contribution in [0.1, 0.15) is 54.1 Å². The Bertz CT molecular complexity index is 604. The monoisotopic (exact) mass is 284 g/mol. The highest BCUT2D eigenvalue weighted by Crippen LogP contribution is 2.37. The van der Waals surface area contributed by atoms with Crippen LogP contribution < -0.4 is 5.32 Å². The molecule has 0 aliphatic heterocycles. The van der Waals surface area contributed by atoms with E-state index in [1.165, 1.54) is 5.56 Å². The van der Waals surface area contributed by atoms with Gasteiger partial charge >= 0.3 is 0 Å². The number of rotatable bonds is 6. The minimum absolute atomic E-state index is 0.0978. The Morgan fingerprint density at radius 1 is 1.38 bits per heavy atom. The SMILES string of the molecule is CC(CCc1ccccc1)NC(=O)c1n[nH]c(C2CC2)n1. The number of H-pyrrole nitrogens is 1. The van der Waals surface area contributed by atoms with Gasteiger partial charge in [-0.25, -0.2) is 4.98 Å². The molecule has 1 aromatic carbocycles. The van der Waals surface area contributed by atoms with E-state index in [9.17, 15) is 4.79 Å². The van der Waals surface area contributed by atoms with Crippen LogP contribution in [0.3, 0.4) is 0 Å². The normalized spacial score (nSPS) is 15.7. The maximum absolute atomic E-state index is 12.1. The van der Waals surface area contributed by atoms with Gasteiger partial charge in [-0.3, -0.25) is 9.89 Å². The molecule has 1 aromatic heterocycles. The first-order valence-electron chi connectivity index (χ1n) is 7.49. The molecule has 5 heteroatoms. The van der Waals surface area contributed by atoms with Crippen molar-refractivity contribution in [1.29, 1.82) is 0 Å². The van der Waals surface area contributed by atoms with Gasteiger partial charge < -0.3 is 5.32 Å². The van der Waals surface area contributed by atoms with E-state index in [4.69, 9.17) is 0 Å². The maximum Gasteiger partial charge on any atom is 0.291 e. The van der Waals surface area contributed by atoms with E-state index in [-0.39, 0.29) is 17.8 Å². The van der Waals surface area contributed by atoms with Crippen LogP contribution in [0.15, 0.2) is 30.3 Å². The molecule has 1 atom stereocenters. The first-order chi connectivity index (χ1) is 10.2. The Kier molecular flexibility index (Phi) is 3.99. The lowest BCUT2D eigenvalue weighted by molar-refractivity contribution is 0.0928. The number of carbonyl (C=O) groups excluding carboxylic acids is 1. The minimum Gasteiger partial charge on any atom is -0.347 e. The summed E-state index contributed by atoms with van der Waals surface area (Å²) in [7, 11) is 0. The second-order valence-electron chi connectivity index (χ2n) is 5.72. The summed E-state index contributed by atoms with van der Waals surface area (Å²) in [4.78, 5) is 16.3. The molecule has 1 aliphatic rings. The summed E-state index contributed by atoms with van der Waals surface area (Å²) in [5, 5.41) is 9.81. The third-order valence-electron chi connectivity index (χ3n) is 3.76. The van der Waals surface area contributed by atoms with Crippen LogP contribution in [0.4, 0.5) is 0 Å². The van der Waals surface area contributed by atoms with E-state index < -0.39 is 0 Å². The van der Waals surface area contributed by atoms with Gasteiger partial charge in [-0.2, -0.15) is 0 Å². The fourth-order valence-corrected chi connectivity index (χ4v) is 2.30. The molecule has 1 heterocycles. The third kappa shape index (κ3) is 3.68. The zero-order valence-electron chi connectivity index (χ0n) is 12.2. The minimum atomic E-state index is -0.196. The number of nitrogens with one attached hydrogen (secondary N) is 2. The number of amides is 1. The van der Waals surface area contributed by atoms with Crippen molar-refractivity contribution in [2.45, 2.75) is 44.6 Å². The topological polar surface area (TPSA) is 70.7 Å². The second kappa shape index (κ2) is 6.08. The molecule has 0 radical (unpaired) electrons. The number of aromatic amines is 1.